The molecule has 0 amide bonds. The van der Waals surface area contributed by atoms with Crippen LogP contribution in [-0.2, 0) is 6.54 Å². The van der Waals surface area contributed by atoms with Crippen LogP contribution in [0.1, 0.15) is 12.5 Å². The van der Waals surface area contributed by atoms with Crippen molar-refractivity contribution < 1.29 is 0 Å². The lowest BCUT2D eigenvalue weighted by Gasteiger charge is -2.18. The molecule has 100 valence electrons. The molecule has 5 heteroatoms. The Hall–Kier alpha value is -1.81. The molecule has 0 aliphatic heterocycles. The summed E-state index contributed by atoms with van der Waals surface area (Å²) in [5.74, 6) is 1.53. The van der Waals surface area contributed by atoms with E-state index in [4.69, 9.17) is 11.6 Å². The van der Waals surface area contributed by atoms with Gasteiger partial charge in [-0.05, 0) is 30.7 Å². The predicted molar refractivity (Wildman–Crippen MR) is 79.8 cm³/mol. The van der Waals surface area contributed by atoms with E-state index in [-0.39, 0.29) is 0 Å². The third-order valence-electron chi connectivity index (χ3n) is 2.68. The Balaban J connectivity index is 2.11. The van der Waals surface area contributed by atoms with Crippen molar-refractivity contribution in [1.82, 2.24) is 9.97 Å². The number of aromatic nitrogens is 2. The SMILES string of the molecule is CCNc1nccc(N(C)Cc2cccc(Cl)c2)n1. The topological polar surface area (TPSA) is 41.1 Å². The molecule has 0 saturated heterocycles. The van der Waals surface area contributed by atoms with Crippen LogP contribution in [0.4, 0.5) is 11.8 Å². The summed E-state index contributed by atoms with van der Waals surface area (Å²) in [6, 6.07) is 9.74. The quantitative estimate of drug-likeness (QED) is 0.911. The van der Waals surface area contributed by atoms with Crippen molar-refractivity contribution in [3.05, 3.63) is 47.1 Å². The number of anilines is 2. The van der Waals surface area contributed by atoms with Gasteiger partial charge in [0.2, 0.25) is 5.95 Å². The molecule has 0 fully saturated rings. The van der Waals surface area contributed by atoms with E-state index >= 15 is 0 Å². The van der Waals surface area contributed by atoms with Gasteiger partial charge in [-0.1, -0.05) is 23.7 Å². The third-order valence-corrected chi connectivity index (χ3v) is 2.91. The maximum atomic E-state index is 5.99. The molecule has 1 aromatic carbocycles. The second-order valence-electron chi connectivity index (χ2n) is 4.25. The van der Waals surface area contributed by atoms with Crippen LogP contribution in [0.25, 0.3) is 0 Å². The molecule has 0 aliphatic carbocycles. The lowest BCUT2D eigenvalue weighted by molar-refractivity contribution is 0.890. The minimum absolute atomic E-state index is 0.651. The van der Waals surface area contributed by atoms with Crippen molar-refractivity contribution >= 4 is 23.4 Å². The third kappa shape index (κ3) is 3.83. The fourth-order valence-electron chi connectivity index (χ4n) is 1.80. The average molecular weight is 277 g/mol. The molecule has 19 heavy (non-hydrogen) atoms. The molecule has 0 unspecified atom stereocenters. The van der Waals surface area contributed by atoms with E-state index < -0.39 is 0 Å². The molecular weight excluding hydrogens is 260 g/mol. The smallest absolute Gasteiger partial charge is 0.224 e. The summed E-state index contributed by atoms with van der Waals surface area (Å²) in [7, 11) is 2.00. The van der Waals surface area contributed by atoms with Gasteiger partial charge in [-0.3, -0.25) is 0 Å². The molecule has 1 heterocycles. The largest absolute Gasteiger partial charge is 0.355 e. The van der Waals surface area contributed by atoms with Gasteiger partial charge in [0, 0.05) is 31.4 Å². The monoisotopic (exact) mass is 276 g/mol. The van der Waals surface area contributed by atoms with E-state index in [0.29, 0.717) is 5.95 Å². The molecular formula is C14H17ClN4. The van der Waals surface area contributed by atoms with Crippen LogP contribution in [0.3, 0.4) is 0 Å². The van der Waals surface area contributed by atoms with Gasteiger partial charge in [0.05, 0.1) is 0 Å². The zero-order valence-electron chi connectivity index (χ0n) is 11.1. The van der Waals surface area contributed by atoms with Crippen molar-refractivity contribution in [3.63, 3.8) is 0 Å². The van der Waals surface area contributed by atoms with Crippen LogP contribution >= 0.6 is 11.6 Å². The molecule has 0 saturated carbocycles. The highest BCUT2D eigenvalue weighted by Gasteiger charge is 2.05. The van der Waals surface area contributed by atoms with Crippen LogP contribution in [0, 0.1) is 0 Å². The Morgan fingerprint density at radius 1 is 1.32 bits per heavy atom. The molecule has 1 N–H and O–H groups in total. The van der Waals surface area contributed by atoms with E-state index in [1.165, 1.54) is 0 Å². The van der Waals surface area contributed by atoms with Gasteiger partial charge in [-0.2, -0.15) is 4.98 Å². The second kappa shape index (κ2) is 6.38. The fourth-order valence-corrected chi connectivity index (χ4v) is 2.01. The van der Waals surface area contributed by atoms with Gasteiger partial charge >= 0.3 is 0 Å². The number of nitrogens with one attached hydrogen (secondary N) is 1. The summed E-state index contributed by atoms with van der Waals surface area (Å²) in [6.07, 6.45) is 1.76. The van der Waals surface area contributed by atoms with E-state index in [1.807, 2.05) is 38.2 Å². The van der Waals surface area contributed by atoms with Crippen LogP contribution in [-0.4, -0.2) is 23.6 Å². The zero-order chi connectivity index (χ0) is 13.7. The first-order valence-electron chi connectivity index (χ1n) is 6.21. The number of hydrogen-bond donors (Lipinski definition) is 1. The van der Waals surface area contributed by atoms with Gasteiger partial charge < -0.3 is 10.2 Å². The van der Waals surface area contributed by atoms with Crippen LogP contribution < -0.4 is 10.2 Å². The molecule has 1 aromatic heterocycles. The molecule has 2 aromatic rings. The number of nitrogens with zero attached hydrogens (tertiary/aromatic N) is 3. The summed E-state index contributed by atoms with van der Waals surface area (Å²) >= 11 is 5.99. The number of benzene rings is 1. The van der Waals surface area contributed by atoms with Gasteiger partial charge in [-0.15, -0.1) is 0 Å². The second-order valence-corrected chi connectivity index (χ2v) is 4.69. The first-order valence-corrected chi connectivity index (χ1v) is 6.59. The van der Waals surface area contributed by atoms with Crippen molar-refractivity contribution in [2.75, 3.05) is 23.8 Å². The molecule has 4 nitrogen and oxygen atoms in total. The summed E-state index contributed by atoms with van der Waals surface area (Å²) in [5.41, 5.74) is 1.15. The van der Waals surface area contributed by atoms with Gasteiger partial charge in [0.25, 0.3) is 0 Å². The van der Waals surface area contributed by atoms with Crippen LogP contribution in [0.5, 0.6) is 0 Å². The van der Waals surface area contributed by atoms with E-state index in [9.17, 15) is 0 Å². The van der Waals surface area contributed by atoms with Gasteiger partial charge in [0.1, 0.15) is 5.82 Å². The van der Waals surface area contributed by atoms with Crippen LogP contribution in [0.2, 0.25) is 5.02 Å². The van der Waals surface area contributed by atoms with Crippen molar-refractivity contribution in [2.45, 2.75) is 13.5 Å². The highest BCUT2D eigenvalue weighted by atomic mass is 35.5. The fraction of sp³-hybridized carbons (Fsp3) is 0.286. The van der Waals surface area contributed by atoms with E-state index in [2.05, 4.69) is 26.3 Å². The first-order chi connectivity index (χ1) is 9.19. The Morgan fingerprint density at radius 3 is 2.89 bits per heavy atom. The lowest BCUT2D eigenvalue weighted by Crippen LogP contribution is -2.18. The normalized spacial score (nSPS) is 10.3. The Labute approximate surface area is 118 Å². The highest BCUT2D eigenvalue weighted by molar-refractivity contribution is 6.30. The minimum Gasteiger partial charge on any atom is -0.355 e. The zero-order valence-corrected chi connectivity index (χ0v) is 11.9. The lowest BCUT2D eigenvalue weighted by atomic mass is 10.2. The Bertz CT molecular complexity index is 544. The molecule has 2 rings (SSSR count). The maximum Gasteiger partial charge on any atom is 0.224 e. The molecule has 0 radical (unpaired) electrons. The van der Waals surface area contributed by atoms with Crippen molar-refractivity contribution in [1.29, 1.82) is 0 Å². The van der Waals surface area contributed by atoms with E-state index in [0.717, 1.165) is 29.5 Å². The van der Waals surface area contributed by atoms with Gasteiger partial charge in [-0.25, -0.2) is 4.98 Å². The first kappa shape index (κ1) is 13.6. The summed E-state index contributed by atoms with van der Waals surface area (Å²) < 4.78 is 0. The molecule has 0 atom stereocenters. The number of halogens is 1. The molecule has 0 aliphatic rings. The van der Waals surface area contributed by atoms with Gasteiger partial charge in [0.15, 0.2) is 0 Å². The summed E-state index contributed by atoms with van der Waals surface area (Å²) in [6.45, 7) is 3.58. The number of rotatable bonds is 5. The number of hydrogen-bond acceptors (Lipinski definition) is 4. The van der Waals surface area contributed by atoms with Crippen LogP contribution in [0.15, 0.2) is 36.5 Å². The van der Waals surface area contributed by atoms with E-state index in [1.54, 1.807) is 6.20 Å². The van der Waals surface area contributed by atoms with Crippen molar-refractivity contribution in [3.8, 4) is 0 Å². The summed E-state index contributed by atoms with van der Waals surface area (Å²) in [5, 5.41) is 3.86. The maximum absolute atomic E-state index is 5.99. The summed E-state index contributed by atoms with van der Waals surface area (Å²) in [4.78, 5) is 10.7. The van der Waals surface area contributed by atoms with Crippen molar-refractivity contribution in [2.24, 2.45) is 0 Å². The minimum atomic E-state index is 0.651. The molecule has 0 spiro atoms. The average Bonchev–Trinajstić information content (AvgIpc) is 2.39. The Morgan fingerprint density at radius 2 is 2.16 bits per heavy atom. The Kier molecular flexibility index (Phi) is 4.58. The highest BCUT2D eigenvalue weighted by Crippen LogP contribution is 2.16. The standard InChI is InChI=1S/C14H17ClN4/c1-3-16-14-17-8-7-13(18-14)19(2)10-11-5-4-6-12(15)9-11/h4-9H,3,10H2,1-2H3,(H,16,17,18). The molecule has 0 bridgehead atoms. The predicted octanol–water partition coefficient (Wildman–Crippen LogP) is 3.20.